The summed E-state index contributed by atoms with van der Waals surface area (Å²) < 4.78 is 5.19. The first-order valence-electron chi connectivity index (χ1n) is 9.25. The van der Waals surface area contributed by atoms with E-state index in [4.69, 9.17) is 4.74 Å². The van der Waals surface area contributed by atoms with Crippen LogP contribution in [0.3, 0.4) is 0 Å². The number of aromatic nitrogens is 2. The van der Waals surface area contributed by atoms with Crippen LogP contribution in [-0.4, -0.2) is 29.0 Å². The molecule has 2 aromatic carbocycles. The number of amides is 1. The number of rotatable bonds is 7. The first-order valence-corrected chi connectivity index (χ1v) is 9.25. The number of nitrogens with zero attached hydrogens (tertiary/aromatic N) is 2. The Morgan fingerprint density at radius 3 is 2.43 bits per heavy atom. The standard InChI is InChI=1S/C22H24N4O2/c1-4-15(2)23-22(27)19-14-20(24-17-10-12-18(28-3)13-11-17)26-21(25-19)16-8-6-5-7-9-16/h5-15H,4H2,1-3H3,(H,23,27)(H,24,25,26). The van der Waals surface area contributed by atoms with Crippen molar-refractivity contribution in [3.8, 4) is 17.1 Å². The SMILES string of the molecule is CCC(C)NC(=O)c1cc(Nc2ccc(OC)cc2)nc(-c2ccccc2)n1. The lowest BCUT2D eigenvalue weighted by molar-refractivity contribution is 0.0934. The zero-order chi connectivity index (χ0) is 19.9. The number of anilines is 2. The second-order valence-corrected chi connectivity index (χ2v) is 6.46. The average molecular weight is 376 g/mol. The molecule has 0 saturated heterocycles. The van der Waals surface area contributed by atoms with Crippen LogP contribution in [0.4, 0.5) is 11.5 Å². The number of carbonyl (C=O) groups excluding carboxylic acids is 1. The molecule has 144 valence electrons. The molecule has 3 aromatic rings. The molecule has 0 radical (unpaired) electrons. The molecule has 0 bridgehead atoms. The van der Waals surface area contributed by atoms with Gasteiger partial charge >= 0.3 is 0 Å². The second kappa shape index (κ2) is 8.99. The molecule has 0 spiro atoms. The summed E-state index contributed by atoms with van der Waals surface area (Å²) in [6, 6.07) is 18.8. The molecule has 0 saturated carbocycles. The molecule has 0 aliphatic rings. The Hall–Kier alpha value is -3.41. The molecule has 28 heavy (non-hydrogen) atoms. The van der Waals surface area contributed by atoms with Crippen molar-refractivity contribution in [3.63, 3.8) is 0 Å². The molecule has 1 aromatic heterocycles. The molecular weight excluding hydrogens is 352 g/mol. The quantitative estimate of drug-likeness (QED) is 0.638. The van der Waals surface area contributed by atoms with E-state index in [1.807, 2.05) is 68.4 Å². The Bertz CT molecular complexity index is 927. The maximum atomic E-state index is 12.6. The topological polar surface area (TPSA) is 76.1 Å². The van der Waals surface area contributed by atoms with Gasteiger partial charge in [0, 0.05) is 23.4 Å². The minimum absolute atomic E-state index is 0.0700. The highest BCUT2D eigenvalue weighted by Gasteiger charge is 2.15. The number of nitrogens with one attached hydrogen (secondary N) is 2. The van der Waals surface area contributed by atoms with Crippen molar-refractivity contribution < 1.29 is 9.53 Å². The Morgan fingerprint density at radius 2 is 1.79 bits per heavy atom. The van der Waals surface area contributed by atoms with Crippen molar-refractivity contribution >= 4 is 17.4 Å². The van der Waals surface area contributed by atoms with Gasteiger partial charge in [0.25, 0.3) is 5.91 Å². The van der Waals surface area contributed by atoms with Crippen LogP contribution in [-0.2, 0) is 0 Å². The van der Waals surface area contributed by atoms with Crippen molar-refractivity contribution in [2.45, 2.75) is 26.3 Å². The summed E-state index contributed by atoms with van der Waals surface area (Å²) >= 11 is 0. The van der Waals surface area contributed by atoms with Crippen LogP contribution in [0.25, 0.3) is 11.4 Å². The van der Waals surface area contributed by atoms with Gasteiger partial charge < -0.3 is 15.4 Å². The maximum absolute atomic E-state index is 12.6. The third-order valence-corrected chi connectivity index (χ3v) is 4.34. The summed E-state index contributed by atoms with van der Waals surface area (Å²) in [6.07, 6.45) is 0.847. The molecule has 0 aliphatic carbocycles. The van der Waals surface area contributed by atoms with Crippen LogP contribution < -0.4 is 15.4 Å². The van der Waals surface area contributed by atoms with Gasteiger partial charge in [-0.3, -0.25) is 4.79 Å². The first kappa shape index (κ1) is 19.4. The van der Waals surface area contributed by atoms with Gasteiger partial charge in [-0.15, -0.1) is 0 Å². The summed E-state index contributed by atoms with van der Waals surface area (Å²) in [4.78, 5) is 21.7. The van der Waals surface area contributed by atoms with Crippen molar-refractivity contribution in [3.05, 3.63) is 66.4 Å². The number of hydrogen-bond donors (Lipinski definition) is 2. The fraction of sp³-hybridized carbons (Fsp3) is 0.227. The van der Waals surface area contributed by atoms with Gasteiger partial charge in [-0.05, 0) is 37.6 Å². The Labute approximate surface area is 165 Å². The minimum atomic E-state index is -0.216. The highest BCUT2D eigenvalue weighted by molar-refractivity contribution is 5.93. The third-order valence-electron chi connectivity index (χ3n) is 4.34. The summed E-state index contributed by atoms with van der Waals surface area (Å²) in [6.45, 7) is 3.99. The van der Waals surface area contributed by atoms with E-state index in [0.29, 0.717) is 17.3 Å². The van der Waals surface area contributed by atoms with Crippen molar-refractivity contribution in [1.29, 1.82) is 0 Å². The van der Waals surface area contributed by atoms with E-state index in [9.17, 15) is 4.79 Å². The molecule has 6 heteroatoms. The van der Waals surface area contributed by atoms with E-state index in [-0.39, 0.29) is 11.9 Å². The third kappa shape index (κ3) is 4.85. The van der Waals surface area contributed by atoms with E-state index >= 15 is 0 Å². The molecule has 0 aliphatic heterocycles. The summed E-state index contributed by atoms with van der Waals surface area (Å²) in [7, 11) is 1.63. The smallest absolute Gasteiger partial charge is 0.270 e. The number of carbonyl (C=O) groups is 1. The number of methoxy groups -OCH3 is 1. The first-order chi connectivity index (χ1) is 13.6. The molecule has 1 unspecified atom stereocenters. The Kier molecular flexibility index (Phi) is 6.22. The zero-order valence-electron chi connectivity index (χ0n) is 16.3. The molecule has 1 heterocycles. The molecule has 6 nitrogen and oxygen atoms in total. The van der Waals surface area contributed by atoms with Gasteiger partial charge in [0.1, 0.15) is 17.3 Å². The normalized spacial score (nSPS) is 11.5. The molecule has 2 N–H and O–H groups in total. The molecule has 3 rings (SSSR count). The highest BCUT2D eigenvalue weighted by atomic mass is 16.5. The Morgan fingerprint density at radius 1 is 1.07 bits per heavy atom. The lowest BCUT2D eigenvalue weighted by Crippen LogP contribution is -2.32. The largest absolute Gasteiger partial charge is 0.497 e. The van der Waals surface area contributed by atoms with Crippen molar-refractivity contribution in [2.75, 3.05) is 12.4 Å². The van der Waals surface area contributed by atoms with E-state index < -0.39 is 0 Å². The van der Waals surface area contributed by atoms with E-state index in [0.717, 1.165) is 23.4 Å². The van der Waals surface area contributed by atoms with Crippen LogP contribution in [0.1, 0.15) is 30.8 Å². The fourth-order valence-corrected chi connectivity index (χ4v) is 2.57. The number of ether oxygens (including phenoxy) is 1. The fourth-order valence-electron chi connectivity index (χ4n) is 2.57. The predicted octanol–water partition coefficient (Wildman–Crippen LogP) is 4.42. The van der Waals surface area contributed by atoms with Crippen LogP contribution in [0.5, 0.6) is 5.75 Å². The van der Waals surface area contributed by atoms with Crippen LogP contribution in [0.2, 0.25) is 0 Å². The predicted molar refractivity (Wildman–Crippen MR) is 111 cm³/mol. The summed E-state index contributed by atoms with van der Waals surface area (Å²) in [5, 5.41) is 6.20. The van der Waals surface area contributed by atoms with Gasteiger partial charge in [0.15, 0.2) is 5.82 Å². The van der Waals surface area contributed by atoms with Crippen LogP contribution in [0.15, 0.2) is 60.7 Å². The van der Waals surface area contributed by atoms with E-state index in [1.165, 1.54) is 0 Å². The highest BCUT2D eigenvalue weighted by Crippen LogP contribution is 2.22. The summed E-state index contributed by atoms with van der Waals surface area (Å²) in [5.41, 5.74) is 2.01. The van der Waals surface area contributed by atoms with Crippen LogP contribution in [0, 0.1) is 0 Å². The van der Waals surface area contributed by atoms with Gasteiger partial charge in [-0.25, -0.2) is 9.97 Å². The van der Waals surface area contributed by atoms with Gasteiger partial charge in [-0.2, -0.15) is 0 Å². The van der Waals surface area contributed by atoms with E-state index in [2.05, 4.69) is 20.6 Å². The maximum Gasteiger partial charge on any atom is 0.270 e. The second-order valence-electron chi connectivity index (χ2n) is 6.46. The monoisotopic (exact) mass is 376 g/mol. The lowest BCUT2D eigenvalue weighted by Gasteiger charge is -2.13. The van der Waals surface area contributed by atoms with Gasteiger partial charge in [-0.1, -0.05) is 37.3 Å². The molecule has 1 amide bonds. The molecule has 1 atom stereocenters. The summed E-state index contributed by atoms with van der Waals surface area (Å²) in [5.74, 6) is 1.60. The zero-order valence-corrected chi connectivity index (χ0v) is 16.3. The van der Waals surface area contributed by atoms with Gasteiger partial charge in [0.2, 0.25) is 0 Å². The van der Waals surface area contributed by atoms with Crippen LogP contribution >= 0.6 is 0 Å². The van der Waals surface area contributed by atoms with E-state index in [1.54, 1.807) is 13.2 Å². The minimum Gasteiger partial charge on any atom is -0.497 e. The Balaban J connectivity index is 1.95. The van der Waals surface area contributed by atoms with Crippen molar-refractivity contribution in [1.82, 2.24) is 15.3 Å². The van der Waals surface area contributed by atoms with Crippen molar-refractivity contribution in [2.24, 2.45) is 0 Å². The van der Waals surface area contributed by atoms with Gasteiger partial charge in [0.05, 0.1) is 7.11 Å². The number of benzene rings is 2. The average Bonchev–Trinajstić information content (AvgIpc) is 2.74. The molecule has 0 fully saturated rings. The molecular formula is C22H24N4O2. The number of hydrogen-bond acceptors (Lipinski definition) is 5. The lowest BCUT2D eigenvalue weighted by atomic mass is 10.2.